The van der Waals surface area contributed by atoms with E-state index in [9.17, 15) is 13.2 Å². The van der Waals surface area contributed by atoms with Gasteiger partial charge in [-0.25, -0.2) is 0 Å². The van der Waals surface area contributed by atoms with Gasteiger partial charge in [-0.15, -0.1) is 0 Å². The number of nitrogens with zero attached hydrogens (tertiary/aromatic N) is 2. The van der Waals surface area contributed by atoms with E-state index >= 15 is 0 Å². The number of halogens is 3. The summed E-state index contributed by atoms with van der Waals surface area (Å²) in [7, 11) is 0. The molecule has 4 nitrogen and oxygen atoms in total. The predicted molar refractivity (Wildman–Crippen MR) is 97.0 cm³/mol. The molecule has 2 aromatic rings. The van der Waals surface area contributed by atoms with Gasteiger partial charge in [0.2, 0.25) is 0 Å². The van der Waals surface area contributed by atoms with Gasteiger partial charge in [-0.2, -0.15) is 18.2 Å². The fraction of sp³-hybridized carbons (Fsp3) is 0.619. The third-order valence-corrected chi connectivity index (χ3v) is 7.01. The average Bonchev–Trinajstić information content (AvgIpc) is 3.13. The Bertz CT molecular complexity index is 826. The molecule has 3 bridgehead atoms. The fourth-order valence-electron chi connectivity index (χ4n) is 5.82. The van der Waals surface area contributed by atoms with Crippen molar-refractivity contribution in [1.82, 2.24) is 15.5 Å². The van der Waals surface area contributed by atoms with Crippen molar-refractivity contribution in [3.05, 3.63) is 35.7 Å². The van der Waals surface area contributed by atoms with Gasteiger partial charge in [0.05, 0.1) is 12.1 Å². The number of hydrogen-bond donors (Lipinski definition) is 1. The summed E-state index contributed by atoms with van der Waals surface area (Å²) in [4.78, 5) is 4.37. The largest absolute Gasteiger partial charge is 0.416 e. The van der Waals surface area contributed by atoms with Crippen molar-refractivity contribution < 1.29 is 17.7 Å². The molecule has 0 radical (unpaired) electrons. The molecule has 28 heavy (non-hydrogen) atoms. The van der Waals surface area contributed by atoms with Crippen LogP contribution in [0.5, 0.6) is 0 Å². The van der Waals surface area contributed by atoms with Gasteiger partial charge in [0.25, 0.3) is 5.89 Å². The molecular weight excluding hydrogens is 367 g/mol. The molecule has 5 atom stereocenters. The summed E-state index contributed by atoms with van der Waals surface area (Å²) >= 11 is 0. The Hall–Kier alpha value is -1.89. The lowest BCUT2D eigenvalue weighted by Gasteiger charge is -2.52. The zero-order chi connectivity index (χ0) is 19.3. The predicted octanol–water partition coefficient (Wildman–Crippen LogP) is 5.06. The van der Waals surface area contributed by atoms with Crippen LogP contribution < -0.4 is 5.32 Å². The molecule has 3 saturated carbocycles. The summed E-state index contributed by atoms with van der Waals surface area (Å²) in [6, 6.07) is 5.32. The zero-order valence-electron chi connectivity index (χ0n) is 15.6. The summed E-state index contributed by atoms with van der Waals surface area (Å²) < 4.78 is 43.3. The third kappa shape index (κ3) is 3.45. The van der Waals surface area contributed by atoms with E-state index in [-0.39, 0.29) is 5.89 Å². The average molecular weight is 391 g/mol. The molecule has 5 unspecified atom stereocenters. The van der Waals surface area contributed by atoms with Gasteiger partial charge in [-0.1, -0.05) is 11.6 Å². The second kappa shape index (κ2) is 6.87. The van der Waals surface area contributed by atoms with Crippen LogP contribution in [-0.4, -0.2) is 16.2 Å². The minimum atomic E-state index is -4.35. The minimum absolute atomic E-state index is 0.256. The highest BCUT2D eigenvalue weighted by Crippen LogP contribution is 2.52. The van der Waals surface area contributed by atoms with E-state index in [1.165, 1.54) is 50.7 Å². The monoisotopic (exact) mass is 391 g/mol. The summed E-state index contributed by atoms with van der Waals surface area (Å²) in [5.74, 6) is 4.26. The van der Waals surface area contributed by atoms with Crippen molar-refractivity contribution in [3.8, 4) is 11.5 Å². The van der Waals surface area contributed by atoms with Gasteiger partial charge >= 0.3 is 6.18 Å². The van der Waals surface area contributed by atoms with Gasteiger partial charge < -0.3 is 9.84 Å². The van der Waals surface area contributed by atoms with E-state index in [1.54, 1.807) is 0 Å². The number of nitrogens with one attached hydrogen (secondary N) is 1. The summed E-state index contributed by atoms with van der Waals surface area (Å²) in [6.45, 7) is 0.536. The van der Waals surface area contributed by atoms with E-state index in [1.807, 2.05) is 0 Å². The number of benzene rings is 1. The Morgan fingerprint density at radius 1 is 1.00 bits per heavy atom. The SMILES string of the molecule is FC(F)(F)c1ccc(-c2nc(CNC3CC4CC5CCC3C(C5)C4)no2)cc1. The lowest BCUT2D eigenvalue weighted by molar-refractivity contribution is -0.137. The van der Waals surface area contributed by atoms with Crippen LogP contribution >= 0.6 is 0 Å². The Morgan fingerprint density at radius 2 is 1.79 bits per heavy atom. The van der Waals surface area contributed by atoms with E-state index in [0.717, 1.165) is 35.8 Å². The van der Waals surface area contributed by atoms with Gasteiger partial charge in [0.1, 0.15) is 0 Å². The molecule has 0 saturated heterocycles. The second-order valence-corrected chi connectivity index (χ2v) is 8.75. The fourth-order valence-corrected chi connectivity index (χ4v) is 5.82. The number of hydrogen-bond acceptors (Lipinski definition) is 4. The van der Waals surface area contributed by atoms with E-state index in [0.29, 0.717) is 24.0 Å². The van der Waals surface area contributed by atoms with Gasteiger partial charge in [0, 0.05) is 11.6 Å². The number of fused-ring (bicyclic) bond motifs is 2. The molecule has 1 N–H and O–H groups in total. The summed E-state index contributed by atoms with van der Waals surface area (Å²) in [5.41, 5.74) is -0.188. The molecule has 0 aliphatic heterocycles. The second-order valence-electron chi connectivity index (χ2n) is 8.75. The highest BCUT2D eigenvalue weighted by Gasteiger charge is 2.45. The van der Waals surface area contributed by atoms with Crippen LogP contribution in [0.3, 0.4) is 0 Å². The van der Waals surface area contributed by atoms with Crippen LogP contribution in [0.2, 0.25) is 0 Å². The van der Waals surface area contributed by atoms with Gasteiger partial charge in [0.15, 0.2) is 5.82 Å². The first kappa shape index (κ1) is 18.2. The molecule has 3 aliphatic rings. The first-order valence-electron chi connectivity index (χ1n) is 10.2. The van der Waals surface area contributed by atoms with Crippen molar-refractivity contribution in [3.63, 3.8) is 0 Å². The van der Waals surface area contributed by atoms with Crippen molar-refractivity contribution >= 4 is 0 Å². The zero-order valence-corrected chi connectivity index (χ0v) is 15.6. The van der Waals surface area contributed by atoms with Crippen molar-refractivity contribution in [1.29, 1.82) is 0 Å². The van der Waals surface area contributed by atoms with E-state index in [2.05, 4.69) is 15.5 Å². The van der Waals surface area contributed by atoms with Crippen LogP contribution in [0.15, 0.2) is 28.8 Å². The smallest absolute Gasteiger partial charge is 0.334 e. The van der Waals surface area contributed by atoms with Gasteiger partial charge in [-0.3, -0.25) is 0 Å². The normalized spacial score (nSPS) is 31.9. The number of aromatic nitrogens is 2. The van der Waals surface area contributed by atoms with Crippen LogP contribution in [0, 0.1) is 23.7 Å². The maximum absolute atomic E-state index is 12.7. The Kier molecular flexibility index (Phi) is 4.45. The van der Waals surface area contributed by atoms with Crippen LogP contribution in [-0.2, 0) is 12.7 Å². The first-order chi connectivity index (χ1) is 13.5. The quantitative estimate of drug-likeness (QED) is 0.792. The van der Waals surface area contributed by atoms with Crippen molar-refractivity contribution in [2.75, 3.05) is 0 Å². The Balaban J connectivity index is 1.23. The maximum Gasteiger partial charge on any atom is 0.416 e. The molecular formula is C21H24F3N3O. The maximum atomic E-state index is 12.7. The van der Waals surface area contributed by atoms with E-state index < -0.39 is 11.7 Å². The molecule has 0 amide bonds. The lowest BCUT2D eigenvalue weighted by Crippen LogP contribution is -2.50. The molecule has 5 rings (SSSR count). The van der Waals surface area contributed by atoms with Crippen molar-refractivity contribution in [2.24, 2.45) is 23.7 Å². The van der Waals surface area contributed by atoms with Crippen LogP contribution in [0.4, 0.5) is 13.2 Å². The standard InChI is InChI=1S/C21H24F3N3O/c22-21(23,24)16-4-2-14(3-5-16)20-26-19(27-28-20)11-25-18-10-13-7-12-1-6-17(18)15(8-12)9-13/h2-5,12-13,15,17-18,25H,1,6-11H2. The van der Waals surface area contributed by atoms with Crippen molar-refractivity contribution in [2.45, 2.75) is 57.3 Å². The Labute approximate surface area is 161 Å². The number of alkyl halides is 3. The van der Waals surface area contributed by atoms with E-state index in [4.69, 9.17) is 4.52 Å². The third-order valence-electron chi connectivity index (χ3n) is 7.01. The highest BCUT2D eigenvalue weighted by atomic mass is 19.4. The minimum Gasteiger partial charge on any atom is -0.334 e. The molecule has 150 valence electrons. The highest BCUT2D eigenvalue weighted by molar-refractivity contribution is 5.53. The van der Waals surface area contributed by atoms with Crippen LogP contribution in [0.25, 0.3) is 11.5 Å². The van der Waals surface area contributed by atoms with Gasteiger partial charge in [-0.05, 0) is 80.0 Å². The molecule has 1 aromatic carbocycles. The summed E-state index contributed by atoms with van der Waals surface area (Å²) in [6.07, 6.45) is 3.78. The first-order valence-corrected chi connectivity index (χ1v) is 10.2. The molecule has 7 heteroatoms. The summed E-state index contributed by atoms with van der Waals surface area (Å²) in [5, 5.41) is 7.66. The molecule has 3 aliphatic carbocycles. The Morgan fingerprint density at radius 3 is 2.57 bits per heavy atom. The lowest BCUT2D eigenvalue weighted by atomic mass is 9.56. The molecule has 3 fully saturated rings. The topological polar surface area (TPSA) is 51.0 Å². The van der Waals surface area contributed by atoms with Crippen LogP contribution in [0.1, 0.15) is 49.9 Å². The molecule has 0 spiro atoms. The molecule has 1 aromatic heterocycles. The molecule has 1 heterocycles. The number of rotatable bonds is 4.